The summed E-state index contributed by atoms with van der Waals surface area (Å²) in [4.78, 5) is 11.7. The fourth-order valence-corrected chi connectivity index (χ4v) is 3.23. The number of hydrogen-bond donors (Lipinski definition) is 1. The van der Waals surface area contributed by atoms with Gasteiger partial charge in [0, 0.05) is 5.92 Å². The van der Waals surface area contributed by atoms with Crippen molar-refractivity contribution in [2.45, 2.75) is 57.9 Å². The quantitative estimate of drug-likeness (QED) is 0.897. The van der Waals surface area contributed by atoms with Crippen LogP contribution in [-0.4, -0.2) is 31.3 Å². The molecule has 19 heavy (non-hydrogen) atoms. The highest BCUT2D eigenvalue weighted by Gasteiger charge is 2.43. The normalized spacial score (nSPS) is 29.1. The first kappa shape index (κ1) is 12.6. The van der Waals surface area contributed by atoms with Gasteiger partial charge in [-0.2, -0.15) is 0 Å². The Morgan fingerprint density at radius 3 is 2.68 bits per heavy atom. The predicted octanol–water partition coefficient (Wildman–Crippen LogP) is 1.83. The Hall–Kier alpha value is -1.46. The van der Waals surface area contributed by atoms with Crippen LogP contribution in [0.5, 0.6) is 0 Å². The van der Waals surface area contributed by atoms with Gasteiger partial charge in [0.05, 0.1) is 12.0 Å². The average molecular weight is 264 g/mol. The molecule has 2 aliphatic rings. The van der Waals surface area contributed by atoms with E-state index in [0.717, 1.165) is 44.3 Å². The van der Waals surface area contributed by atoms with Crippen molar-refractivity contribution >= 4 is 5.97 Å². The molecule has 0 radical (unpaired) electrons. The van der Waals surface area contributed by atoms with Gasteiger partial charge in [-0.1, -0.05) is 26.2 Å². The first-order valence-electron chi connectivity index (χ1n) is 7.12. The lowest BCUT2D eigenvalue weighted by Crippen LogP contribution is -2.38. The summed E-state index contributed by atoms with van der Waals surface area (Å²) in [5.41, 5.74) is -0.666. The van der Waals surface area contributed by atoms with Crippen molar-refractivity contribution in [3.8, 4) is 0 Å². The number of hydrogen-bond acceptors (Lipinski definition) is 4. The van der Waals surface area contributed by atoms with Crippen LogP contribution in [0.2, 0.25) is 0 Å². The second-order valence-corrected chi connectivity index (χ2v) is 6.16. The highest BCUT2D eigenvalue weighted by Crippen LogP contribution is 2.46. The predicted molar refractivity (Wildman–Crippen MR) is 67.5 cm³/mol. The number of carbonyl (C=O) groups is 1. The van der Waals surface area contributed by atoms with Crippen LogP contribution in [0.25, 0.3) is 0 Å². The summed E-state index contributed by atoms with van der Waals surface area (Å²) in [6, 6.07) is 0. The second-order valence-electron chi connectivity index (χ2n) is 6.16. The van der Waals surface area contributed by atoms with Crippen LogP contribution >= 0.6 is 0 Å². The molecule has 3 rings (SSSR count). The summed E-state index contributed by atoms with van der Waals surface area (Å²) in [5.74, 6) is 1.22. The number of aromatic nitrogens is 4. The third-order valence-corrected chi connectivity index (χ3v) is 4.72. The maximum absolute atomic E-state index is 11.7. The van der Waals surface area contributed by atoms with E-state index in [1.165, 1.54) is 0 Å². The smallest absolute Gasteiger partial charge is 0.311 e. The van der Waals surface area contributed by atoms with Gasteiger partial charge < -0.3 is 5.11 Å². The zero-order valence-electron chi connectivity index (χ0n) is 11.2. The van der Waals surface area contributed by atoms with Crippen molar-refractivity contribution in [3.05, 3.63) is 5.82 Å². The van der Waals surface area contributed by atoms with Crippen molar-refractivity contribution in [1.82, 2.24) is 20.2 Å². The second kappa shape index (κ2) is 4.58. The summed E-state index contributed by atoms with van der Waals surface area (Å²) in [6.45, 7) is 2.60. The number of rotatable bonds is 4. The summed E-state index contributed by atoms with van der Waals surface area (Å²) < 4.78 is 1.74. The molecule has 1 aromatic rings. The Labute approximate surface area is 112 Å². The van der Waals surface area contributed by atoms with E-state index >= 15 is 0 Å². The highest BCUT2D eigenvalue weighted by atomic mass is 16.4. The van der Waals surface area contributed by atoms with Crippen LogP contribution in [0.4, 0.5) is 0 Å². The van der Waals surface area contributed by atoms with Gasteiger partial charge in [0.15, 0.2) is 5.82 Å². The molecule has 1 aromatic heterocycles. The molecule has 6 nitrogen and oxygen atoms in total. The zero-order chi connectivity index (χ0) is 13.5. The molecule has 0 saturated heterocycles. The van der Waals surface area contributed by atoms with Crippen LogP contribution in [-0.2, 0) is 11.3 Å². The summed E-state index contributed by atoms with van der Waals surface area (Å²) >= 11 is 0. The van der Waals surface area contributed by atoms with Gasteiger partial charge >= 0.3 is 5.97 Å². The van der Waals surface area contributed by atoms with E-state index in [4.69, 9.17) is 0 Å². The highest BCUT2D eigenvalue weighted by molar-refractivity contribution is 5.74. The standard InChI is InChI=1S/C13H20N4O2/c1-9-7-10(9)11-14-15-16-17(11)8-13(12(18)19)5-3-2-4-6-13/h9-10H,2-8H2,1H3,(H,18,19). The van der Waals surface area contributed by atoms with E-state index in [-0.39, 0.29) is 0 Å². The van der Waals surface area contributed by atoms with E-state index in [9.17, 15) is 9.90 Å². The lowest BCUT2D eigenvalue weighted by atomic mass is 9.74. The molecule has 1 heterocycles. The summed E-state index contributed by atoms with van der Waals surface area (Å²) in [5, 5.41) is 21.5. The molecule has 1 N–H and O–H groups in total. The molecule has 0 aromatic carbocycles. The first-order valence-corrected chi connectivity index (χ1v) is 7.12. The van der Waals surface area contributed by atoms with Crippen molar-refractivity contribution in [2.24, 2.45) is 11.3 Å². The van der Waals surface area contributed by atoms with Gasteiger partial charge in [-0.3, -0.25) is 4.79 Å². The molecular formula is C13H20N4O2. The molecule has 2 saturated carbocycles. The van der Waals surface area contributed by atoms with Crippen molar-refractivity contribution in [2.75, 3.05) is 0 Å². The van der Waals surface area contributed by atoms with Crippen molar-refractivity contribution < 1.29 is 9.90 Å². The Morgan fingerprint density at radius 1 is 1.42 bits per heavy atom. The fourth-order valence-electron chi connectivity index (χ4n) is 3.23. The molecule has 2 aliphatic carbocycles. The van der Waals surface area contributed by atoms with Crippen molar-refractivity contribution in [3.63, 3.8) is 0 Å². The third-order valence-electron chi connectivity index (χ3n) is 4.72. The topological polar surface area (TPSA) is 80.9 Å². The van der Waals surface area contributed by atoms with Crippen LogP contribution in [0.15, 0.2) is 0 Å². The van der Waals surface area contributed by atoms with E-state index in [0.29, 0.717) is 18.4 Å². The molecular weight excluding hydrogens is 244 g/mol. The fraction of sp³-hybridized carbons (Fsp3) is 0.846. The number of carboxylic acid groups (broad SMARTS) is 1. The molecule has 0 amide bonds. The maximum Gasteiger partial charge on any atom is 0.311 e. The van der Waals surface area contributed by atoms with Gasteiger partial charge in [-0.05, 0) is 35.6 Å². The summed E-state index contributed by atoms with van der Waals surface area (Å²) in [6.07, 6.45) is 5.70. The van der Waals surface area contributed by atoms with Gasteiger partial charge in [-0.25, -0.2) is 4.68 Å². The molecule has 0 aliphatic heterocycles. The van der Waals surface area contributed by atoms with Crippen LogP contribution in [0, 0.1) is 11.3 Å². The molecule has 2 atom stereocenters. The summed E-state index contributed by atoms with van der Waals surface area (Å²) in [7, 11) is 0. The molecule has 2 fully saturated rings. The molecule has 0 bridgehead atoms. The van der Waals surface area contributed by atoms with E-state index in [1.54, 1.807) is 4.68 Å². The minimum atomic E-state index is -0.697. The molecule has 0 spiro atoms. The minimum Gasteiger partial charge on any atom is -0.481 e. The zero-order valence-corrected chi connectivity index (χ0v) is 11.2. The van der Waals surface area contributed by atoms with E-state index in [2.05, 4.69) is 22.4 Å². The monoisotopic (exact) mass is 264 g/mol. The Kier molecular flexibility index (Phi) is 3.03. The largest absolute Gasteiger partial charge is 0.481 e. The molecule has 2 unspecified atom stereocenters. The number of aliphatic carboxylic acids is 1. The number of tetrazole rings is 1. The Morgan fingerprint density at radius 2 is 2.11 bits per heavy atom. The van der Waals surface area contributed by atoms with Gasteiger partial charge in [-0.15, -0.1) is 5.10 Å². The number of nitrogens with zero attached hydrogens (tertiary/aromatic N) is 4. The van der Waals surface area contributed by atoms with E-state index < -0.39 is 11.4 Å². The van der Waals surface area contributed by atoms with Crippen molar-refractivity contribution in [1.29, 1.82) is 0 Å². The van der Waals surface area contributed by atoms with Crippen LogP contribution < -0.4 is 0 Å². The first-order chi connectivity index (χ1) is 9.12. The lowest BCUT2D eigenvalue weighted by molar-refractivity contribution is -0.152. The van der Waals surface area contributed by atoms with Crippen LogP contribution in [0.3, 0.4) is 0 Å². The van der Waals surface area contributed by atoms with Gasteiger partial charge in [0.1, 0.15) is 0 Å². The Balaban J connectivity index is 1.82. The Bertz CT molecular complexity index is 479. The maximum atomic E-state index is 11.7. The number of carboxylic acids is 1. The molecule has 104 valence electrons. The lowest BCUT2D eigenvalue weighted by Gasteiger charge is -2.32. The van der Waals surface area contributed by atoms with Gasteiger partial charge in [0.2, 0.25) is 0 Å². The van der Waals surface area contributed by atoms with Crippen LogP contribution in [0.1, 0.15) is 57.2 Å². The molecule has 6 heteroatoms. The van der Waals surface area contributed by atoms with Gasteiger partial charge in [0.25, 0.3) is 0 Å². The average Bonchev–Trinajstić information content (AvgIpc) is 2.95. The third kappa shape index (κ3) is 2.24. The SMILES string of the molecule is CC1CC1c1nnnn1CC1(C(=O)O)CCCCC1. The minimum absolute atomic E-state index is 0.421. The van der Waals surface area contributed by atoms with E-state index in [1.807, 2.05) is 0 Å².